The zero-order valence-electron chi connectivity index (χ0n) is 10.5. The van der Waals surface area contributed by atoms with Gasteiger partial charge in [0.2, 0.25) is 5.82 Å². The van der Waals surface area contributed by atoms with Crippen LogP contribution in [-0.4, -0.2) is 9.97 Å². The molecule has 0 aliphatic rings. The predicted octanol–water partition coefficient (Wildman–Crippen LogP) is 2.76. The van der Waals surface area contributed by atoms with Crippen LogP contribution >= 0.6 is 11.3 Å². The predicted molar refractivity (Wildman–Crippen MR) is 71.2 cm³/mol. The fourth-order valence-corrected chi connectivity index (χ4v) is 2.34. The first-order valence-electron chi connectivity index (χ1n) is 5.60. The summed E-state index contributed by atoms with van der Waals surface area (Å²) in [6.07, 6.45) is -4.62. The van der Waals surface area contributed by atoms with Gasteiger partial charge in [0.15, 0.2) is 0 Å². The highest BCUT2D eigenvalue weighted by Crippen LogP contribution is 2.28. The monoisotopic (exact) mass is 303 g/mol. The Morgan fingerprint density at radius 3 is 2.55 bits per heavy atom. The molecule has 0 atom stereocenters. The van der Waals surface area contributed by atoms with E-state index < -0.39 is 12.0 Å². The summed E-state index contributed by atoms with van der Waals surface area (Å²) >= 11 is 1.52. The Balaban J connectivity index is 2.21. The van der Waals surface area contributed by atoms with Gasteiger partial charge in [-0.15, -0.1) is 11.3 Å². The van der Waals surface area contributed by atoms with E-state index in [9.17, 15) is 13.2 Å². The van der Waals surface area contributed by atoms with Crippen LogP contribution in [0.1, 0.15) is 16.3 Å². The molecule has 0 radical (unpaired) electrons. The number of hydrazine groups is 1. The van der Waals surface area contributed by atoms with E-state index in [1.165, 1.54) is 17.4 Å². The van der Waals surface area contributed by atoms with Crippen molar-refractivity contribution in [1.82, 2.24) is 9.97 Å². The smallest absolute Gasteiger partial charge is 0.365 e. The SMILES string of the molecule is Cc1ccsc1CNc1cc(NN)nc(C(F)(F)F)n1. The van der Waals surface area contributed by atoms with E-state index in [-0.39, 0.29) is 11.6 Å². The molecule has 2 heterocycles. The molecule has 2 aromatic rings. The molecular weight excluding hydrogens is 291 g/mol. The number of aryl methyl sites for hydroxylation is 1. The van der Waals surface area contributed by atoms with Crippen molar-refractivity contribution >= 4 is 23.0 Å². The van der Waals surface area contributed by atoms with Crippen LogP contribution < -0.4 is 16.6 Å². The van der Waals surface area contributed by atoms with E-state index in [1.54, 1.807) is 0 Å². The Kier molecular flexibility index (Phi) is 4.09. The minimum atomic E-state index is -4.62. The normalized spacial score (nSPS) is 11.4. The fourth-order valence-electron chi connectivity index (χ4n) is 1.49. The number of alkyl halides is 3. The summed E-state index contributed by atoms with van der Waals surface area (Å²) in [6.45, 7) is 2.32. The van der Waals surface area contributed by atoms with E-state index in [1.807, 2.05) is 18.4 Å². The van der Waals surface area contributed by atoms with Crippen molar-refractivity contribution in [3.63, 3.8) is 0 Å². The summed E-state index contributed by atoms with van der Waals surface area (Å²) in [5.74, 6) is 3.84. The number of halogens is 3. The van der Waals surface area contributed by atoms with Gasteiger partial charge in [0, 0.05) is 10.9 Å². The van der Waals surface area contributed by atoms with Gasteiger partial charge < -0.3 is 10.7 Å². The van der Waals surface area contributed by atoms with Gasteiger partial charge in [-0.25, -0.2) is 15.8 Å². The number of rotatable bonds is 4. The van der Waals surface area contributed by atoms with Crippen molar-refractivity contribution < 1.29 is 13.2 Å². The summed E-state index contributed by atoms with van der Waals surface area (Å²) in [6, 6.07) is 3.26. The molecule has 2 rings (SSSR count). The lowest BCUT2D eigenvalue weighted by molar-refractivity contribution is -0.144. The first-order valence-corrected chi connectivity index (χ1v) is 6.48. The number of hydrogen-bond acceptors (Lipinski definition) is 6. The topological polar surface area (TPSA) is 75.9 Å². The zero-order chi connectivity index (χ0) is 14.8. The maximum Gasteiger partial charge on any atom is 0.451 e. The summed E-state index contributed by atoms with van der Waals surface area (Å²) in [4.78, 5) is 7.75. The number of nitrogens with zero attached hydrogens (tertiary/aromatic N) is 2. The molecule has 108 valence electrons. The second-order valence-corrected chi connectivity index (χ2v) is 4.99. The number of nitrogens with one attached hydrogen (secondary N) is 2. The zero-order valence-corrected chi connectivity index (χ0v) is 11.3. The van der Waals surface area contributed by atoms with E-state index in [2.05, 4.69) is 20.7 Å². The number of aromatic nitrogens is 2. The fraction of sp³-hybridized carbons (Fsp3) is 0.273. The lowest BCUT2D eigenvalue weighted by atomic mass is 10.3. The van der Waals surface area contributed by atoms with Crippen molar-refractivity contribution in [2.75, 3.05) is 10.7 Å². The highest BCUT2D eigenvalue weighted by atomic mass is 32.1. The Morgan fingerprint density at radius 2 is 2.00 bits per heavy atom. The molecule has 0 amide bonds. The first kappa shape index (κ1) is 14.5. The maximum atomic E-state index is 12.6. The number of nitrogen functional groups attached to an aromatic ring is 1. The maximum absolute atomic E-state index is 12.6. The third kappa shape index (κ3) is 3.36. The average Bonchev–Trinajstić information content (AvgIpc) is 2.80. The Morgan fingerprint density at radius 1 is 1.30 bits per heavy atom. The van der Waals surface area contributed by atoms with Gasteiger partial charge in [0.05, 0.1) is 6.54 Å². The van der Waals surface area contributed by atoms with Gasteiger partial charge in [-0.3, -0.25) is 0 Å². The molecule has 20 heavy (non-hydrogen) atoms. The molecule has 0 aromatic carbocycles. The van der Waals surface area contributed by atoms with E-state index in [0.717, 1.165) is 10.4 Å². The third-order valence-electron chi connectivity index (χ3n) is 2.53. The standard InChI is InChI=1S/C11H12F3N5S/c1-6-2-3-20-7(6)5-16-8-4-9(19-15)18-10(17-8)11(12,13)14/h2-4H,5,15H2,1H3,(H2,16,17,18,19). The van der Waals surface area contributed by atoms with Gasteiger partial charge in [-0.05, 0) is 23.9 Å². The molecule has 9 heteroatoms. The van der Waals surface area contributed by atoms with Gasteiger partial charge >= 0.3 is 6.18 Å². The van der Waals surface area contributed by atoms with Crippen LogP contribution in [0.2, 0.25) is 0 Å². The van der Waals surface area contributed by atoms with E-state index in [0.29, 0.717) is 6.54 Å². The van der Waals surface area contributed by atoms with Crippen molar-refractivity contribution in [3.05, 3.63) is 33.8 Å². The summed E-state index contributed by atoms with van der Waals surface area (Å²) < 4.78 is 37.9. The minimum Gasteiger partial charge on any atom is -0.365 e. The van der Waals surface area contributed by atoms with Crippen LogP contribution in [0, 0.1) is 6.92 Å². The van der Waals surface area contributed by atoms with Crippen LogP contribution in [0.3, 0.4) is 0 Å². The van der Waals surface area contributed by atoms with Crippen molar-refractivity contribution in [2.45, 2.75) is 19.6 Å². The quantitative estimate of drug-likeness (QED) is 0.598. The van der Waals surface area contributed by atoms with Gasteiger partial charge in [0.25, 0.3) is 0 Å². The number of hydrogen-bond donors (Lipinski definition) is 3. The molecule has 4 N–H and O–H groups in total. The number of thiophene rings is 1. The number of anilines is 2. The average molecular weight is 303 g/mol. The van der Waals surface area contributed by atoms with Crippen molar-refractivity contribution in [1.29, 1.82) is 0 Å². The van der Waals surface area contributed by atoms with Gasteiger partial charge in [-0.1, -0.05) is 0 Å². The van der Waals surface area contributed by atoms with Crippen LogP contribution in [0.15, 0.2) is 17.5 Å². The molecule has 0 saturated heterocycles. The molecule has 0 bridgehead atoms. The minimum absolute atomic E-state index is 0.0630. The lowest BCUT2D eigenvalue weighted by Crippen LogP contribution is -2.17. The lowest BCUT2D eigenvalue weighted by Gasteiger charge is -2.11. The Labute approximate surface area is 117 Å². The highest BCUT2D eigenvalue weighted by Gasteiger charge is 2.35. The molecule has 2 aromatic heterocycles. The molecule has 0 spiro atoms. The summed E-state index contributed by atoms with van der Waals surface area (Å²) in [7, 11) is 0. The van der Waals surface area contributed by atoms with Crippen LogP contribution in [-0.2, 0) is 12.7 Å². The highest BCUT2D eigenvalue weighted by molar-refractivity contribution is 7.10. The van der Waals surface area contributed by atoms with Crippen LogP contribution in [0.5, 0.6) is 0 Å². The molecule has 0 aliphatic heterocycles. The molecular formula is C11H12F3N5S. The molecule has 5 nitrogen and oxygen atoms in total. The largest absolute Gasteiger partial charge is 0.451 e. The van der Waals surface area contributed by atoms with E-state index >= 15 is 0 Å². The third-order valence-corrected chi connectivity index (χ3v) is 3.55. The second kappa shape index (κ2) is 5.63. The second-order valence-electron chi connectivity index (χ2n) is 3.98. The summed E-state index contributed by atoms with van der Waals surface area (Å²) in [5, 5.41) is 4.76. The number of nitrogens with two attached hydrogens (primary N) is 1. The first-order chi connectivity index (χ1) is 9.40. The van der Waals surface area contributed by atoms with Gasteiger partial charge in [-0.2, -0.15) is 13.2 Å². The van der Waals surface area contributed by atoms with Crippen LogP contribution in [0.25, 0.3) is 0 Å². The molecule has 0 aliphatic carbocycles. The van der Waals surface area contributed by atoms with Crippen molar-refractivity contribution in [2.24, 2.45) is 5.84 Å². The van der Waals surface area contributed by atoms with E-state index in [4.69, 9.17) is 5.84 Å². The Hall–Kier alpha value is -1.87. The Bertz CT molecular complexity index is 596. The summed E-state index contributed by atoms with van der Waals surface area (Å²) in [5.41, 5.74) is 3.17. The molecule has 0 fully saturated rings. The molecule has 0 unspecified atom stereocenters. The van der Waals surface area contributed by atoms with Crippen LogP contribution in [0.4, 0.5) is 24.8 Å². The molecule has 0 saturated carbocycles. The van der Waals surface area contributed by atoms with Gasteiger partial charge in [0.1, 0.15) is 11.6 Å². The van der Waals surface area contributed by atoms with Crippen molar-refractivity contribution in [3.8, 4) is 0 Å².